The Kier molecular flexibility index (Phi) is 10.2. The molecule has 1 heterocycles. The maximum absolute atomic E-state index is 13.0. The number of carbonyl (C=O) groups excluding carboxylic acids is 2. The summed E-state index contributed by atoms with van der Waals surface area (Å²) < 4.78 is 29.5. The van der Waals surface area contributed by atoms with Gasteiger partial charge in [0.1, 0.15) is 11.9 Å². The molecule has 3 aromatic carbocycles. The van der Waals surface area contributed by atoms with Crippen molar-refractivity contribution < 1.29 is 22.7 Å². The fourth-order valence-electron chi connectivity index (χ4n) is 4.91. The largest absolute Gasteiger partial charge is 0.446 e. The molecule has 0 aliphatic carbocycles. The predicted molar refractivity (Wildman–Crippen MR) is 168 cm³/mol. The molecule has 0 radical (unpaired) electrons. The highest BCUT2D eigenvalue weighted by molar-refractivity contribution is 7.89. The Balaban J connectivity index is 1.39. The fourth-order valence-corrected chi connectivity index (χ4v) is 5.67. The number of carbonyl (C=O) groups is 2. The van der Waals surface area contributed by atoms with E-state index in [9.17, 15) is 18.0 Å². The van der Waals surface area contributed by atoms with Crippen molar-refractivity contribution in [3.8, 4) is 11.1 Å². The van der Waals surface area contributed by atoms with Gasteiger partial charge in [-0.05, 0) is 69.6 Å². The fraction of sp³-hybridized carbons (Fsp3) is 0.323. The second kappa shape index (κ2) is 13.8. The van der Waals surface area contributed by atoms with Crippen molar-refractivity contribution >= 4 is 39.2 Å². The molecular formula is C31H38N6O5S. The van der Waals surface area contributed by atoms with E-state index in [4.69, 9.17) is 15.3 Å². The van der Waals surface area contributed by atoms with Crippen molar-refractivity contribution in [1.82, 2.24) is 10.2 Å². The van der Waals surface area contributed by atoms with Crippen LogP contribution in [-0.4, -0.2) is 70.0 Å². The average Bonchev–Trinajstić information content (AvgIpc) is 2.97. The topological polar surface area (TPSA) is 158 Å². The van der Waals surface area contributed by atoms with E-state index in [1.165, 1.54) is 6.07 Å². The molecule has 0 atom stereocenters. The molecule has 5 N–H and O–H groups in total. The number of likely N-dealkylation sites (tertiary alicyclic amines) is 1. The molecule has 0 spiro atoms. The summed E-state index contributed by atoms with van der Waals surface area (Å²) in [6.07, 6.45) is 0.701. The second-order valence-corrected chi connectivity index (χ2v) is 12.4. The van der Waals surface area contributed by atoms with Crippen LogP contribution in [0.1, 0.15) is 32.3 Å². The molecule has 0 bridgehead atoms. The number of anilines is 2. The van der Waals surface area contributed by atoms with Gasteiger partial charge in [0.2, 0.25) is 15.9 Å². The van der Waals surface area contributed by atoms with Crippen molar-refractivity contribution in [3.05, 3.63) is 78.4 Å². The first kappa shape index (κ1) is 31.7. The van der Waals surface area contributed by atoms with Gasteiger partial charge in [-0.2, -0.15) is 0 Å². The first-order valence-corrected chi connectivity index (χ1v) is 15.6. The summed E-state index contributed by atoms with van der Waals surface area (Å²) in [5, 5.41) is 19.2. The smallest absolute Gasteiger partial charge is 0.413 e. The minimum Gasteiger partial charge on any atom is -0.446 e. The van der Waals surface area contributed by atoms with E-state index in [-0.39, 0.29) is 35.3 Å². The zero-order valence-electron chi connectivity index (χ0n) is 24.5. The summed E-state index contributed by atoms with van der Waals surface area (Å²) in [6.45, 7) is 5.67. The van der Waals surface area contributed by atoms with Gasteiger partial charge in [0.25, 0.3) is 0 Å². The molecule has 11 nitrogen and oxygen atoms in total. The Labute approximate surface area is 252 Å². The number of sulfonamides is 1. The molecule has 0 unspecified atom stereocenters. The van der Waals surface area contributed by atoms with Gasteiger partial charge in [-0.15, -0.1) is 0 Å². The predicted octanol–water partition coefficient (Wildman–Crippen LogP) is 4.00. The van der Waals surface area contributed by atoms with Crippen LogP contribution in [0.2, 0.25) is 0 Å². The third-order valence-corrected chi connectivity index (χ3v) is 8.21. The lowest BCUT2D eigenvalue weighted by atomic mass is 10.1. The number of nitrogens with two attached hydrogens (primary N) is 1. The van der Waals surface area contributed by atoms with Crippen LogP contribution in [0.4, 0.5) is 16.2 Å². The Morgan fingerprint density at radius 2 is 1.72 bits per heavy atom. The molecule has 4 rings (SSSR count). The average molecular weight is 607 g/mol. The number of nitrogens with one attached hydrogen (secondary N) is 3. The number of piperidine rings is 1. The van der Waals surface area contributed by atoms with E-state index in [2.05, 4.69) is 15.5 Å². The third-order valence-electron chi connectivity index (χ3n) is 7.24. The van der Waals surface area contributed by atoms with Crippen molar-refractivity contribution in [3.63, 3.8) is 0 Å². The zero-order chi connectivity index (χ0) is 31.1. The summed E-state index contributed by atoms with van der Waals surface area (Å²) in [7, 11) is -1.87. The summed E-state index contributed by atoms with van der Waals surface area (Å²) in [4.78, 5) is 29.5. The Morgan fingerprint density at radius 1 is 1.05 bits per heavy atom. The van der Waals surface area contributed by atoms with Crippen LogP contribution in [0, 0.1) is 5.41 Å². The van der Waals surface area contributed by atoms with Crippen LogP contribution in [0.15, 0.2) is 77.7 Å². The highest BCUT2D eigenvalue weighted by Crippen LogP contribution is 2.28. The number of benzene rings is 3. The third kappa shape index (κ3) is 8.63. The van der Waals surface area contributed by atoms with Crippen molar-refractivity contribution in [2.75, 3.05) is 36.9 Å². The van der Waals surface area contributed by atoms with E-state index in [0.29, 0.717) is 28.1 Å². The van der Waals surface area contributed by atoms with Gasteiger partial charge in [-0.3, -0.25) is 15.5 Å². The first-order chi connectivity index (χ1) is 20.4. The molecule has 0 saturated carbocycles. The molecule has 2 amide bonds. The van der Waals surface area contributed by atoms with E-state index >= 15 is 0 Å². The molecule has 0 aromatic heterocycles. The molecule has 1 aliphatic rings. The van der Waals surface area contributed by atoms with Crippen LogP contribution in [0.25, 0.3) is 11.1 Å². The number of amidine groups is 1. The maximum atomic E-state index is 13.0. The van der Waals surface area contributed by atoms with E-state index in [0.717, 1.165) is 25.9 Å². The molecule has 1 saturated heterocycles. The van der Waals surface area contributed by atoms with Crippen molar-refractivity contribution in [1.29, 1.82) is 5.41 Å². The van der Waals surface area contributed by atoms with Crippen LogP contribution < -0.4 is 20.7 Å². The Bertz CT molecular complexity index is 1570. The summed E-state index contributed by atoms with van der Waals surface area (Å²) in [5.41, 5.74) is 2.87. The quantitative estimate of drug-likeness (QED) is 0.212. The summed E-state index contributed by atoms with van der Waals surface area (Å²) in [6, 6.07) is 20.4. The van der Waals surface area contributed by atoms with Gasteiger partial charge in [0.05, 0.1) is 11.4 Å². The highest BCUT2D eigenvalue weighted by atomic mass is 32.2. The SMILES string of the molecule is CC(C)N(CC(=O)Nc1ccc(-c2ccccc2S(N)(=O)=O)cc1)c1cccc(C(=N)NC(=O)OC2CCN(C)CC2)c1. The van der Waals surface area contributed by atoms with Gasteiger partial charge < -0.3 is 19.9 Å². The minimum atomic E-state index is -3.90. The van der Waals surface area contributed by atoms with E-state index in [1.807, 2.05) is 31.9 Å². The monoisotopic (exact) mass is 606 g/mol. The van der Waals surface area contributed by atoms with Crippen molar-refractivity contribution in [2.24, 2.45) is 5.14 Å². The number of primary sulfonamides is 1. The van der Waals surface area contributed by atoms with Crippen molar-refractivity contribution in [2.45, 2.75) is 43.7 Å². The van der Waals surface area contributed by atoms with Gasteiger partial charge in [0, 0.05) is 41.6 Å². The molecule has 1 aliphatic heterocycles. The molecule has 1 fully saturated rings. The second-order valence-electron chi connectivity index (χ2n) is 10.8. The summed E-state index contributed by atoms with van der Waals surface area (Å²) >= 11 is 0. The van der Waals surface area contributed by atoms with Crippen LogP contribution in [0.3, 0.4) is 0 Å². The number of rotatable bonds is 9. The number of alkyl carbamates (subject to hydrolysis) is 1. The molecule has 228 valence electrons. The molecular weight excluding hydrogens is 568 g/mol. The van der Waals surface area contributed by atoms with Gasteiger partial charge in [-0.25, -0.2) is 18.4 Å². The van der Waals surface area contributed by atoms with E-state index < -0.39 is 16.1 Å². The van der Waals surface area contributed by atoms with Crippen LogP contribution >= 0.6 is 0 Å². The van der Waals surface area contributed by atoms with Crippen LogP contribution in [0.5, 0.6) is 0 Å². The standard InChI is InChI=1S/C31H38N6O5S/c1-21(2)37(25-8-6-7-23(19-25)30(32)35-31(39)42-26-15-17-36(3)18-16-26)20-29(38)34-24-13-11-22(12-14-24)27-9-4-5-10-28(27)43(33,40)41/h4-14,19,21,26H,15-18,20H2,1-3H3,(H,34,38)(H2,32,35,39)(H2,33,40,41). The lowest BCUT2D eigenvalue weighted by molar-refractivity contribution is -0.115. The molecule has 3 aromatic rings. The minimum absolute atomic E-state index is 0.0269. The van der Waals surface area contributed by atoms with Crippen LogP contribution in [-0.2, 0) is 19.6 Å². The number of nitrogens with zero attached hydrogens (tertiary/aromatic N) is 2. The van der Waals surface area contributed by atoms with Gasteiger partial charge >= 0.3 is 6.09 Å². The lowest BCUT2D eigenvalue weighted by Crippen LogP contribution is -2.39. The molecule has 12 heteroatoms. The number of amides is 2. The van der Waals surface area contributed by atoms with E-state index in [1.54, 1.807) is 60.7 Å². The number of hydrogen-bond acceptors (Lipinski definition) is 8. The maximum Gasteiger partial charge on any atom is 0.413 e. The number of hydrogen-bond donors (Lipinski definition) is 4. The highest BCUT2D eigenvalue weighted by Gasteiger charge is 2.22. The summed E-state index contributed by atoms with van der Waals surface area (Å²) in [5.74, 6) is -0.344. The number of ether oxygens (including phenoxy) is 1. The zero-order valence-corrected chi connectivity index (χ0v) is 25.4. The van der Waals surface area contributed by atoms with Gasteiger partial charge in [-0.1, -0.05) is 42.5 Å². The lowest BCUT2D eigenvalue weighted by Gasteiger charge is -2.29. The first-order valence-electron chi connectivity index (χ1n) is 14.0. The Hall–Kier alpha value is -4.26. The van der Waals surface area contributed by atoms with Gasteiger partial charge in [0.15, 0.2) is 0 Å². The normalized spacial score (nSPS) is 14.3. The Morgan fingerprint density at radius 3 is 2.37 bits per heavy atom. The molecule has 43 heavy (non-hydrogen) atoms.